The van der Waals surface area contributed by atoms with E-state index in [9.17, 15) is 13.2 Å². The van der Waals surface area contributed by atoms with Crippen LogP contribution in [0.25, 0.3) is 11.4 Å². The molecule has 0 aliphatic rings. The summed E-state index contributed by atoms with van der Waals surface area (Å²) in [6, 6.07) is 15.3. The Morgan fingerprint density at radius 2 is 1.85 bits per heavy atom. The molecule has 2 aromatic carbocycles. The van der Waals surface area contributed by atoms with Crippen molar-refractivity contribution in [3.8, 4) is 11.4 Å². The van der Waals surface area contributed by atoms with Crippen molar-refractivity contribution >= 4 is 21.6 Å². The van der Waals surface area contributed by atoms with E-state index in [1.165, 1.54) is 31.0 Å². The number of carbonyl (C=O) groups excluding carboxylic acids is 1. The lowest BCUT2D eigenvalue weighted by atomic mass is 10.2. The van der Waals surface area contributed by atoms with E-state index in [1.807, 2.05) is 30.3 Å². The number of sulfonamides is 1. The molecule has 0 saturated carbocycles. The fourth-order valence-corrected chi connectivity index (χ4v) is 3.24. The molecule has 3 aromatic rings. The minimum Gasteiger partial charge on any atom is -0.324 e. The number of benzene rings is 2. The van der Waals surface area contributed by atoms with Crippen LogP contribution in [-0.4, -0.2) is 52.9 Å². The first-order valence-electron chi connectivity index (χ1n) is 8.02. The van der Waals surface area contributed by atoms with Gasteiger partial charge in [0.1, 0.15) is 6.54 Å². The molecule has 10 heteroatoms. The Kier molecular flexibility index (Phi) is 5.28. The minimum absolute atomic E-state index is 0.0931. The fraction of sp³-hybridized carbons (Fsp3) is 0.176. The highest BCUT2D eigenvalue weighted by atomic mass is 32.2. The van der Waals surface area contributed by atoms with Gasteiger partial charge in [0, 0.05) is 25.3 Å². The molecule has 0 atom stereocenters. The van der Waals surface area contributed by atoms with Gasteiger partial charge in [-0.3, -0.25) is 4.79 Å². The van der Waals surface area contributed by atoms with Crippen LogP contribution in [0.2, 0.25) is 0 Å². The van der Waals surface area contributed by atoms with Crippen molar-refractivity contribution in [3.63, 3.8) is 0 Å². The molecule has 0 aliphatic carbocycles. The molecule has 9 nitrogen and oxygen atoms in total. The van der Waals surface area contributed by atoms with Gasteiger partial charge in [-0.25, -0.2) is 12.7 Å². The molecule has 0 bridgehead atoms. The Bertz CT molecular complexity index is 1050. The molecule has 0 fully saturated rings. The Hall–Kier alpha value is -3.11. The van der Waals surface area contributed by atoms with Gasteiger partial charge in [-0.15, -0.1) is 10.2 Å². The summed E-state index contributed by atoms with van der Waals surface area (Å²) >= 11 is 0. The van der Waals surface area contributed by atoms with Gasteiger partial charge in [0.05, 0.1) is 4.90 Å². The monoisotopic (exact) mass is 386 g/mol. The van der Waals surface area contributed by atoms with Crippen molar-refractivity contribution in [2.75, 3.05) is 19.4 Å². The second kappa shape index (κ2) is 7.64. The first kappa shape index (κ1) is 18.7. The van der Waals surface area contributed by atoms with Gasteiger partial charge >= 0.3 is 0 Å². The van der Waals surface area contributed by atoms with Crippen molar-refractivity contribution in [1.29, 1.82) is 0 Å². The molecule has 1 N–H and O–H groups in total. The lowest BCUT2D eigenvalue weighted by Gasteiger charge is -2.12. The Balaban J connectivity index is 1.69. The number of tetrazole rings is 1. The van der Waals surface area contributed by atoms with E-state index >= 15 is 0 Å². The van der Waals surface area contributed by atoms with E-state index in [2.05, 4.69) is 20.7 Å². The summed E-state index contributed by atoms with van der Waals surface area (Å²) in [6.45, 7) is -0.148. The molecule has 27 heavy (non-hydrogen) atoms. The molecular weight excluding hydrogens is 368 g/mol. The van der Waals surface area contributed by atoms with Gasteiger partial charge in [0.15, 0.2) is 0 Å². The minimum atomic E-state index is -3.58. The number of nitrogens with zero attached hydrogens (tertiary/aromatic N) is 5. The molecular formula is C17H18N6O3S. The molecule has 1 heterocycles. The average molecular weight is 386 g/mol. The molecule has 0 saturated heterocycles. The average Bonchev–Trinajstić information content (AvgIpc) is 3.11. The standard InChI is InChI=1S/C17H18N6O3S/c1-22(2)27(25,26)15-10-6-9-14(11-15)18-16(24)12-23-20-17(19-21-23)13-7-4-3-5-8-13/h3-11H,12H2,1-2H3,(H,18,24). The third-order valence-corrected chi connectivity index (χ3v) is 5.48. The molecule has 3 rings (SSSR count). The summed E-state index contributed by atoms with van der Waals surface area (Å²) in [4.78, 5) is 13.5. The second-order valence-corrected chi connectivity index (χ2v) is 8.02. The Labute approximate surface area is 156 Å². The molecule has 0 unspecified atom stereocenters. The van der Waals surface area contributed by atoms with Gasteiger partial charge in [0.25, 0.3) is 0 Å². The largest absolute Gasteiger partial charge is 0.324 e. The highest BCUT2D eigenvalue weighted by Gasteiger charge is 2.18. The number of anilines is 1. The number of amides is 1. The molecule has 1 amide bonds. The van der Waals surface area contributed by atoms with Gasteiger partial charge in [-0.2, -0.15) is 4.80 Å². The summed E-state index contributed by atoms with van der Waals surface area (Å²) in [5.41, 5.74) is 1.16. The number of hydrogen-bond donors (Lipinski definition) is 1. The number of rotatable bonds is 6. The van der Waals surface area contributed by atoms with E-state index in [-0.39, 0.29) is 11.4 Å². The maximum Gasteiger partial charge on any atom is 0.248 e. The summed E-state index contributed by atoms with van der Waals surface area (Å²) in [7, 11) is -0.688. The van der Waals surface area contributed by atoms with Crippen LogP contribution < -0.4 is 5.32 Å². The van der Waals surface area contributed by atoms with E-state index in [1.54, 1.807) is 12.1 Å². The van der Waals surface area contributed by atoms with Crippen molar-refractivity contribution < 1.29 is 13.2 Å². The van der Waals surface area contributed by atoms with Crippen LogP contribution in [0.5, 0.6) is 0 Å². The quantitative estimate of drug-likeness (QED) is 0.682. The van der Waals surface area contributed by atoms with E-state index < -0.39 is 15.9 Å². The van der Waals surface area contributed by atoms with E-state index in [4.69, 9.17) is 0 Å². The molecule has 0 aliphatic heterocycles. The molecule has 1 aromatic heterocycles. The summed E-state index contributed by atoms with van der Waals surface area (Å²) < 4.78 is 25.5. The molecule has 0 radical (unpaired) electrons. The van der Waals surface area contributed by atoms with E-state index in [0.29, 0.717) is 11.5 Å². The van der Waals surface area contributed by atoms with Crippen LogP contribution >= 0.6 is 0 Å². The third-order valence-electron chi connectivity index (χ3n) is 3.67. The summed E-state index contributed by atoms with van der Waals surface area (Å²) in [6.07, 6.45) is 0. The van der Waals surface area contributed by atoms with Gasteiger partial charge in [-0.05, 0) is 23.4 Å². The summed E-state index contributed by atoms with van der Waals surface area (Å²) in [5, 5.41) is 14.6. The van der Waals surface area contributed by atoms with Crippen LogP contribution in [0, 0.1) is 0 Å². The normalized spacial score (nSPS) is 11.5. The zero-order valence-corrected chi connectivity index (χ0v) is 15.6. The van der Waals surface area contributed by atoms with Gasteiger partial charge < -0.3 is 5.32 Å². The van der Waals surface area contributed by atoms with Gasteiger partial charge in [-0.1, -0.05) is 36.4 Å². The maximum absolute atomic E-state index is 12.2. The number of carbonyl (C=O) groups is 1. The molecule has 140 valence electrons. The lowest BCUT2D eigenvalue weighted by molar-refractivity contribution is -0.117. The van der Waals surface area contributed by atoms with Crippen molar-refractivity contribution in [3.05, 3.63) is 54.6 Å². The SMILES string of the molecule is CN(C)S(=O)(=O)c1cccc(NC(=O)Cn2nnc(-c3ccccc3)n2)c1. The first-order valence-corrected chi connectivity index (χ1v) is 9.46. The number of aromatic nitrogens is 4. The first-order chi connectivity index (χ1) is 12.9. The summed E-state index contributed by atoms with van der Waals surface area (Å²) in [5.74, 6) is 0.0221. The maximum atomic E-state index is 12.2. The smallest absolute Gasteiger partial charge is 0.248 e. The Morgan fingerprint density at radius 3 is 2.56 bits per heavy atom. The predicted octanol–water partition coefficient (Wildman–Crippen LogP) is 1.23. The fourth-order valence-electron chi connectivity index (χ4n) is 2.29. The Morgan fingerprint density at radius 1 is 1.11 bits per heavy atom. The zero-order chi connectivity index (χ0) is 19.4. The number of hydrogen-bond acceptors (Lipinski definition) is 6. The van der Waals surface area contributed by atoms with Crippen LogP contribution in [0.3, 0.4) is 0 Å². The molecule has 0 spiro atoms. The van der Waals surface area contributed by atoms with Crippen molar-refractivity contribution in [2.24, 2.45) is 0 Å². The van der Waals surface area contributed by atoms with E-state index in [0.717, 1.165) is 9.87 Å². The topological polar surface area (TPSA) is 110 Å². The van der Waals surface area contributed by atoms with Crippen LogP contribution in [0.15, 0.2) is 59.5 Å². The van der Waals surface area contributed by atoms with Crippen molar-refractivity contribution in [1.82, 2.24) is 24.5 Å². The second-order valence-electron chi connectivity index (χ2n) is 5.87. The van der Waals surface area contributed by atoms with Crippen LogP contribution in [0.1, 0.15) is 0 Å². The van der Waals surface area contributed by atoms with Crippen molar-refractivity contribution in [2.45, 2.75) is 11.4 Å². The van der Waals surface area contributed by atoms with Crippen LogP contribution in [0.4, 0.5) is 5.69 Å². The highest BCUT2D eigenvalue weighted by Crippen LogP contribution is 2.18. The highest BCUT2D eigenvalue weighted by molar-refractivity contribution is 7.89. The van der Waals surface area contributed by atoms with Gasteiger partial charge in [0.2, 0.25) is 21.8 Å². The van der Waals surface area contributed by atoms with Crippen LogP contribution in [-0.2, 0) is 21.4 Å². The predicted molar refractivity (Wildman–Crippen MR) is 99.2 cm³/mol. The third kappa shape index (κ3) is 4.36. The number of nitrogens with one attached hydrogen (secondary N) is 1. The lowest BCUT2D eigenvalue weighted by Crippen LogP contribution is -2.23. The zero-order valence-electron chi connectivity index (χ0n) is 14.8.